The molecule has 0 radical (unpaired) electrons. The molecule has 1 aliphatic rings. The van der Waals surface area contributed by atoms with Crippen LogP contribution in [0, 0.1) is 0 Å². The summed E-state index contributed by atoms with van der Waals surface area (Å²) in [6.45, 7) is 2.05. The number of hydrogen-bond acceptors (Lipinski definition) is 5. The van der Waals surface area contributed by atoms with Gasteiger partial charge in [0, 0.05) is 16.9 Å². The van der Waals surface area contributed by atoms with Crippen LogP contribution in [0.2, 0.25) is 0 Å². The van der Waals surface area contributed by atoms with Crippen LogP contribution in [-0.4, -0.2) is 27.4 Å². The Morgan fingerprint density at radius 2 is 2.26 bits per heavy atom. The highest BCUT2D eigenvalue weighted by Gasteiger charge is 2.19. The van der Waals surface area contributed by atoms with Crippen LogP contribution < -0.4 is 5.43 Å². The van der Waals surface area contributed by atoms with Crippen LogP contribution in [0.25, 0.3) is 0 Å². The fourth-order valence-corrected chi connectivity index (χ4v) is 3.24. The van der Waals surface area contributed by atoms with Gasteiger partial charge in [0.25, 0.3) is 0 Å². The largest absolute Gasteiger partial charge is 0.256 e. The van der Waals surface area contributed by atoms with E-state index in [9.17, 15) is 0 Å². The first-order chi connectivity index (χ1) is 9.25. The Morgan fingerprint density at radius 1 is 1.47 bits per heavy atom. The highest BCUT2D eigenvalue weighted by molar-refractivity contribution is 8.16. The van der Waals surface area contributed by atoms with Gasteiger partial charge in [0.1, 0.15) is 4.99 Å². The Hall–Kier alpha value is -0.850. The van der Waals surface area contributed by atoms with E-state index in [0.29, 0.717) is 0 Å². The summed E-state index contributed by atoms with van der Waals surface area (Å²) in [6.07, 6.45) is 2.80. The summed E-state index contributed by atoms with van der Waals surface area (Å²) in [5.41, 5.74) is 2.93. The molecule has 0 amide bonds. The highest BCUT2D eigenvalue weighted by atomic mass is 32.2. The van der Waals surface area contributed by atoms with Crippen LogP contribution in [0.4, 0.5) is 0 Å². The molecule has 0 saturated heterocycles. The van der Waals surface area contributed by atoms with Gasteiger partial charge in [-0.05, 0) is 25.5 Å². The molecule has 0 bridgehead atoms. The Kier molecular flexibility index (Phi) is 5.88. The van der Waals surface area contributed by atoms with E-state index in [0.717, 1.165) is 22.3 Å². The first-order valence-electron chi connectivity index (χ1n) is 6.00. The number of hydrazone groups is 1. The number of amidine groups is 1. The van der Waals surface area contributed by atoms with Gasteiger partial charge in [0.2, 0.25) is 0 Å². The zero-order valence-electron chi connectivity index (χ0n) is 10.6. The smallest absolute Gasteiger partial charge is 0.183 e. The van der Waals surface area contributed by atoms with Gasteiger partial charge in [-0.3, -0.25) is 5.43 Å². The molecule has 0 saturated carbocycles. The number of benzene rings is 1. The molecule has 2 rings (SSSR count). The van der Waals surface area contributed by atoms with Crippen molar-refractivity contribution in [1.82, 2.24) is 5.43 Å². The second-order valence-corrected chi connectivity index (χ2v) is 6.81. The Labute approximate surface area is 127 Å². The van der Waals surface area contributed by atoms with Gasteiger partial charge in [-0.2, -0.15) is 5.10 Å². The molecule has 6 heteroatoms. The number of nitrogens with zero attached hydrogens (tertiary/aromatic N) is 2. The van der Waals surface area contributed by atoms with Crippen molar-refractivity contribution < 1.29 is 0 Å². The molecule has 1 heterocycles. The number of thioether (sulfide) groups is 2. The Morgan fingerprint density at radius 3 is 2.95 bits per heavy atom. The highest BCUT2D eigenvalue weighted by Crippen LogP contribution is 2.21. The molecule has 100 valence electrons. The van der Waals surface area contributed by atoms with Crippen molar-refractivity contribution in [2.24, 2.45) is 10.1 Å². The standard InChI is InChI=1S/C13H15N3S3/c1-10-12(17)15-13(19-10)16-14-8-5-9-18-11-6-3-2-4-7-11/h2-4,6-8,10H,5,9H2,1H3,(H,15,16,17)/b14-8+. The van der Waals surface area contributed by atoms with Crippen molar-refractivity contribution in [1.29, 1.82) is 0 Å². The third kappa shape index (κ3) is 4.97. The zero-order valence-corrected chi connectivity index (χ0v) is 13.0. The Bertz CT molecular complexity index is 485. The van der Waals surface area contributed by atoms with Crippen LogP contribution in [-0.2, 0) is 0 Å². The monoisotopic (exact) mass is 309 g/mol. The van der Waals surface area contributed by atoms with Crippen LogP contribution in [0.15, 0.2) is 45.3 Å². The number of rotatable bonds is 5. The molecule has 19 heavy (non-hydrogen) atoms. The molecule has 0 fully saturated rings. The van der Waals surface area contributed by atoms with Crippen molar-refractivity contribution in [3.05, 3.63) is 30.3 Å². The van der Waals surface area contributed by atoms with Gasteiger partial charge in [0.05, 0.1) is 5.25 Å². The zero-order chi connectivity index (χ0) is 13.5. The van der Waals surface area contributed by atoms with E-state index in [1.807, 2.05) is 31.0 Å². The lowest BCUT2D eigenvalue weighted by Gasteiger charge is -1.99. The van der Waals surface area contributed by atoms with Gasteiger partial charge in [-0.15, -0.1) is 11.8 Å². The molecule has 1 N–H and O–H groups in total. The molecule has 1 atom stereocenters. The third-order valence-corrected chi connectivity index (χ3v) is 4.98. The summed E-state index contributed by atoms with van der Waals surface area (Å²) in [5, 5.41) is 5.23. The predicted molar refractivity (Wildman–Crippen MR) is 90.5 cm³/mol. The minimum Gasteiger partial charge on any atom is -0.256 e. The number of thiocarbonyl (C=S) groups is 1. The second-order valence-electron chi connectivity index (χ2n) is 3.89. The summed E-state index contributed by atoms with van der Waals surface area (Å²) in [5.74, 6) is 1.02. The topological polar surface area (TPSA) is 36.8 Å². The number of nitrogens with one attached hydrogen (secondary N) is 1. The summed E-state index contributed by atoms with van der Waals surface area (Å²) in [6, 6.07) is 10.4. The summed E-state index contributed by atoms with van der Waals surface area (Å²) >= 11 is 8.53. The van der Waals surface area contributed by atoms with E-state index in [1.54, 1.807) is 11.8 Å². The maximum absolute atomic E-state index is 5.09. The van der Waals surface area contributed by atoms with E-state index < -0.39 is 0 Å². The summed E-state index contributed by atoms with van der Waals surface area (Å²) < 4.78 is 0. The second kappa shape index (κ2) is 7.67. The SMILES string of the molecule is CC1SC(N/N=C/CCSc2ccccc2)=NC1=S. The third-order valence-electron chi connectivity index (χ3n) is 2.36. The van der Waals surface area contributed by atoms with E-state index in [2.05, 4.69) is 39.8 Å². The van der Waals surface area contributed by atoms with Crippen molar-refractivity contribution in [3.8, 4) is 0 Å². The molecule has 0 aliphatic carbocycles. The van der Waals surface area contributed by atoms with Crippen molar-refractivity contribution in [2.75, 3.05) is 5.75 Å². The van der Waals surface area contributed by atoms with Gasteiger partial charge in [-0.25, -0.2) is 4.99 Å². The molecule has 0 spiro atoms. The van der Waals surface area contributed by atoms with Gasteiger partial charge in [0.15, 0.2) is 5.17 Å². The molecular formula is C13H15N3S3. The maximum Gasteiger partial charge on any atom is 0.183 e. The minimum absolute atomic E-state index is 0.279. The molecular weight excluding hydrogens is 294 g/mol. The van der Waals surface area contributed by atoms with E-state index in [-0.39, 0.29) is 5.25 Å². The van der Waals surface area contributed by atoms with Gasteiger partial charge < -0.3 is 0 Å². The molecule has 3 nitrogen and oxygen atoms in total. The first kappa shape index (κ1) is 14.6. The van der Waals surface area contributed by atoms with Crippen molar-refractivity contribution in [3.63, 3.8) is 0 Å². The summed E-state index contributed by atoms with van der Waals surface area (Å²) in [7, 11) is 0. The normalized spacial score (nSPS) is 18.9. The molecule has 0 aromatic heterocycles. The van der Waals surface area contributed by atoms with E-state index in [1.165, 1.54) is 4.90 Å². The maximum atomic E-state index is 5.09. The fraction of sp³-hybridized carbons (Fsp3) is 0.308. The van der Waals surface area contributed by atoms with Gasteiger partial charge >= 0.3 is 0 Å². The minimum atomic E-state index is 0.279. The van der Waals surface area contributed by atoms with E-state index >= 15 is 0 Å². The van der Waals surface area contributed by atoms with Crippen LogP contribution in [0.3, 0.4) is 0 Å². The molecule has 1 aliphatic heterocycles. The average Bonchev–Trinajstić information content (AvgIpc) is 2.74. The molecule has 1 aromatic rings. The number of hydrogen-bond donors (Lipinski definition) is 1. The fourth-order valence-electron chi connectivity index (χ4n) is 1.40. The lowest BCUT2D eigenvalue weighted by atomic mass is 10.4. The van der Waals surface area contributed by atoms with Crippen molar-refractivity contribution in [2.45, 2.75) is 23.5 Å². The summed E-state index contributed by atoms with van der Waals surface area (Å²) in [4.78, 5) is 6.24. The molecule has 1 unspecified atom stereocenters. The molecule has 1 aromatic carbocycles. The Balaban J connectivity index is 1.63. The lowest BCUT2D eigenvalue weighted by molar-refractivity contribution is 1.04. The number of aliphatic imine (C=N–C) groups is 1. The van der Waals surface area contributed by atoms with Gasteiger partial charge in [-0.1, -0.05) is 42.2 Å². The quantitative estimate of drug-likeness (QED) is 0.297. The first-order valence-corrected chi connectivity index (χ1v) is 8.27. The van der Waals surface area contributed by atoms with Crippen LogP contribution in [0.5, 0.6) is 0 Å². The van der Waals surface area contributed by atoms with E-state index in [4.69, 9.17) is 12.2 Å². The average molecular weight is 309 g/mol. The lowest BCUT2D eigenvalue weighted by Crippen LogP contribution is -2.12. The van der Waals surface area contributed by atoms with Crippen molar-refractivity contribution >= 4 is 52.1 Å². The van der Waals surface area contributed by atoms with Crippen LogP contribution >= 0.6 is 35.7 Å². The predicted octanol–water partition coefficient (Wildman–Crippen LogP) is 3.56. The van der Waals surface area contributed by atoms with Crippen LogP contribution in [0.1, 0.15) is 13.3 Å².